The summed E-state index contributed by atoms with van der Waals surface area (Å²) in [6, 6.07) is 9.61. The Kier molecular flexibility index (Phi) is 5.46. The highest BCUT2D eigenvalue weighted by Gasteiger charge is 2.12. The molecule has 0 saturated heterocycles. The molecule has 27 heavy (non-hydrogen) atoms. The van der Waals surface area contributed by atoms with Crippen molar-refractivity contribution in [2.45, 2.75) is 40.7 Å². The van der Waals surface area contributed by atoms with Gasteiger partial charge in [-0.15, -0.1) is 0 Å². The first-order chi connectivity index (χ1) is 12.8. The molecule has 0 bridgehead atoms. The number of nitrogens with zero attached hydrogens (tertiary/aromatic N) is 2. The van der Waals surface area contributed by atoms with Crippen LogP contribution in [0.5, 0.6) is 0 Å². The number of amides is 1. The van der Waals surface area contributed by atoms with Crippen LogP contribution in [0.4, 0.5) is 5.69 Å². The Morgan fingerprint density at radius 2 is 1.78 bits per heavy atom. The molecule has 0 aliphatic heterocycles. The lowest BCUT2D eigenvalue weighted by Gasteiger charge is -2.13. The van der Waals surface area contributed by atoms with Crippen molar-refractivity contribution >= 4 is 38.6 Å². The third kappa shape index (κ3) is 4.11. The summed E-state index contributed by atoms with van der Waals surface area (Å²) >= 11 is 3.45. The highest BCUT2D eigenvalue weighted by atomic mass is 79.9. The van der Waals surface area contributed by atoms with Crippen LogP contribution in [0.1, 0.15) is 28.8 Å². The predicted molar refractivity (Wildman–Crippen MR) is 112 cm³/mol. The Labute approximate surface area is 166 Å². The smallest absolute Gasteiger partial charge is 0.272 e. The number of aromatic nitrogens is 2. The van der Waals surface area contributed by atoms with Crippen molar-refractivity contribution in [3.8, 4) is 0 Å². The Bertz CT molecular complexity index is 1100. The molecule has 0 aliphatic carbocycles. The molecular formula is C21H22BrN3O2. The van der Waals surface area contributed by atoms with Crippen molar-refractivity contribution in [2.75, 3.05) is 5.32 Å². The normalized spacial score (nSPS) is 11.0. The van der Waals surface area contributed by atoms with Crippen LogP contribution in [-0.4, -0.2) is 15.5 Å². The number of carbonyl (C=O) groups excluding carboxylic acids is 1. The van der Waals surface area contributed by atoms with Gasteiger partial charge in [0.05, 0.1) is 11.0 Å². The zero-order valence-corrected chi connectivity index (χ0v) is 17.5. The molecule has 0 fully saturated rings. The fraction of sp³-hybridized carbons (Fsp3) is 0.286. The Balaban J connectivity index is 1.84. The van der Waals surface area contributed by atoms with Gasteiger partial charge in [-0.25, -0.2) is 4.98 Å². The first kappa shape index (κ1) is 19.3. The summed E-state index contributed by atoms with van der Waals surface area (Å²) in [4.78, 5) is 29.4. The Morgan fingerprint density at radius 3 is 2.48 bits per heavy atom. The highest BCUT2D eigenvalue weighted by molar-refractivity contribution is 9.10. The van der Waals surface area contributed by atoms with E-state index in [9.17, 15) is 9.59 Å². The van der Waals surface area contributed by atoms with Gasteiger partial charge in [-0.3, -0.25) is 9.59 Å². The van der Waals surface area contributed by atoms with Gasteiger partial charge in [0.15, 0.2) is 0 Å². The van der Waals surface area contributed by atoms with E-state index in [1.54, 1.807) is 11.5 Å². The molecule has 2 aromatic carbocycles. The molecule has 0 saturated carbocycles. The maximum absolute atomic E-state index is 12.6. The summed E-state index contributed by atoms with van der Waals surface area (Å²) in [5.41, 5.74) is 5.84. The monoisotopic (exact) mass is 427 g/mol. The lowest BCUT2D eigenvalue weighted by molar-refractivity contribution is -0.116. The van der Waals surface area contributed by atoms with E-state index < -0.39 is 0 Å². The third-order valence-corrected chi connectivity index (χ3v) is 5.62. The number of nitrogens with one attached hydrogen (secondary N) is 1. The lowest BCUT2D eigenvalue weighted by Crippen LogP contribution is -2.26. The van der Waals surface area contributed by atoms with Crippen LogP contribution in [0.3, 0.4) is 0 Å². The number of anilines is 1. The number of carbonyl (C=O) groups is 1. The molecule has 3 aromatic rings. The molecule has 3 rings (SSSR count). The van der Waals surface area contributed by atoms with Gasteiger partial charge in [0.2, 0.25) is 5.91 Å². The topological polar surface area (TPSA) is 64.0 Å². The molecule has 0 unspecified atom stereocenters. The van der Waals surface area contributed by atoms with E-state index in [0.29, 0.717) is 12.2 Å². The molecule has 0 spiro atoms. The Morgan fingerprint density at radius 1 is 1.07 bits per heavy atom. The summed E-state index contributed by atoms with van der Waals surface area (Å²) in [5.74, 6) is -0.130. The number of benzene rings is 2. The minimum Gasteiger partial charge on any atom is -0.326 e. The molecule has 0 atom stereocenters. The molecule has 0 radical (unpaired) electrons. The summed E-state index contributed by atoms with van der Waals surface area (Å²) < 4.78 is 2.65. The van der Waals surface area contributed by atoms with Gasteiger partial charge in [0, 0.05) is 23.1 Å². The van der Waals surface area contributed by atoms with Crippen LogP contribution < -0.4 is 10.9 Å². The molecule has 1 heterocycles. The summed E-state index contributed by atoms with van der Waals surface area (Å²) in [6.45, 7) is 8.01. The van der Waals surface area contributed by atoms with Gasteiger partial charge < -0.3 is 9.88 Å². The molecule has 6 heteroatoms. The average Bonchev–Trinajstić information content (AvgIpc) is 2.61. The molecule has 1 N–H and O–H groups in total. The van der Waals surface area contributed by atoms with Gasteiger partial charge in [-0.2, -0.15) is 0 Å². The lowest BCUT2D eigenvalue weighted by atomic mass is 10.1. The number of fused-ring (bicyclic) bond motifs is 1. The Hall–Kier alpha value is -2.47. The van der Waals surface area contributed by atoms with Crippen molar-refractivity contribution in [1.82, 2.24) is 9.55 Å². The van der Waals surface area contributed by atoms with E-state index in [4.69, 9.17) is 0 Å². The first-order valence-electron chi connectivity index (χ1n) is 8.80. The van der Waals surface area contributed by atoms with Crippen LogP contribution in [0.15, 0.2) is 39.6 Å². The van der Waals surface area contributed by atoms with Crippen molar-refractivity contribution in [3.05, 3.63) is 67.5 Å². The average molecular weight is 428 g/mol. The molecule has 5 nitrogen and oxygen atoms in total. The number of halogens is 1. The second-order valence-corrected chi connectivity index (χ2v) is 7.70. The number of aryl methyl sites for hydroxylation is 5. The fourth-order valence-electron chi connectivity index (χ4n) is 3.01. The van der Waals surface area contributed by atoms with Crippen LogP contribution in [0.2, 0.25) is 0 Å². The summed E-state index contributed by atoms with van der Waals surface area (Å²) in [5, 5.41) is 2.89. The largest absolute Gasteiger partial charge is 0.326 e. The number of rotatable bonds is 4. The maximum Gasteiger partial charge on any atom is 0.272 e. The van der Waals surface area contributed by atoms with Gasteiger partial charge >= 0.3 is 0 Å². The van der Waals surface area contributed by atoms with E-state index in [1.807, 2.05) is 51.1 Å². The van der Waals surface area contributed by atoms with E-state index in [-0.39, 0.29) is 17.9 Å². The van der Waals surface area contributed by atoms with Gasteiger partial charge in [-0.05, 0) is 74.7 Å². The quantitative estimate of drug-likeness (QED) is 0.669. The molecule has 1 amide bonds. The number of hydrogen-bond acceptors (Lipinski definition) is 3. The van der Waals surface area contributed by atoms with Crippen molar-refractivity contribution in [2.24, 2.45) is 0 Å². The molecular weight excluding hydrogens is 406 g/mol. The van der Waals surface area contributed by atoms with Gasteiger partial charge in [0.1, 0.15) is 5.69 Å². The minimum absolute atomic E-state index is 0.130. The van der Waals surface area contributed by atoms with Crippen LogP contribution in [0, 0.1) is 27.7 Å². The van der Waals surface area contributed by atoms with Crippen molar-refractivity contribution in [1.29, 1.82) is 0 Å². The van der Waals surface area contributed by atoms with Crippen LogP contribution in [-0.2, 0) is 11.3 Å². The van der Waals surface area contributed by atoms with Gasteiger partial charge in [0.25, 0.3) is 5.56 Å². The van der Waals surface area contributed by atoms with Crippen LogP contribution in [0.25, 0.3) is 11.0 Å². The zero-order chi connectivity index (χ0) is 19.7. The SMILES string of the molecule is Cc1cc2nc(C)c(=O)n(CCC(=O)Nc3ccc(Br)c(C)c3)c2cc1C. The molecule has 0 aliphatic rings. The maximum atomic E-state index is 12.6. The van der Waals surface area contributed by atoms with E-state index in [2.05, 4.69) is 26.2 Å². The number of hydrogen-bond donors (Lipinski definition) is 1. The standard InChI is InChI=1S/C21H22BrN3O2/c1-12-10-18-19(11-13(12)2)25(21(27)15(4)23-18)8-7-20(26)24-16-5-6-17(22)14(3)9-16/h5-6,9-11H,7-8H2,1-4H3,(H,24,26). The third-order valence-electron chi connectivity index (χ3n) is 4.73. The fourth-order valence-corrected chi connectivity index (χ4v) is 3.25. The molecule has 1 aromatic heterocycles. The van der Waals surface area contributed by atoms with Crippen molar-refractivity contribution < 1.29 is 4.79 Å². The second kappa shape index (κ2) is 7.64. The summed E-state index contributed by atoms with van der Waals surface area (Å²) in [7, 11) is 0. The minimum atomic E-state index is -0.155. The zero-order valence-electron chi connectivity index (χ0n) is 15.9. The molecule has 140 valence electrons. The van der Waals surface area contributed by atoms with Gasteiger partial charge in [-0.1, -0.05) is 15.9 Å². The van der Waals surface area contributed by atoms with Crippen LogP contribution >= 0.6 is 15.9 Å². The first-order valence-corrected chi connectivity index (χ1v) is 9.60. The highest BCUT2D eigenvalue weighted by Crippen LogP contribution is 2.20. The second-order valence-electron chi connectivity index (χ2n) is 6.84. The summed E-state index contributed by atoms with van der Waals surface area (Å²) in [6.07, 6.45) is 0.209. The van der Waals surface area contributed by atoms with E-state index >= 15 is 0 Å². The van der Waals surface area contributed by atoms with Crippen molar-refractivity contribution in [3.63, 3.8) is 0 Å². The van der Waals surface area contributed by atoms with E-state index in [1.165, 1.54) is 0 Å². The van der Waals surface area contributed by atoms with E-state index in [0.717, 1.165) is 37.9 Å². The predicted octanol–water partition coefficient (Wildman–Crippen LogP) is 4.42.